The zero-order chi connectivity index (χ0) is 15.0. The molecule has 19 heavy (non-hydrogen) atoms. The highest BCUT2D eigenvalue weighted by Gasteiger charge is 2.41. The summed E-state index contributed by atoms with van der Waals surface area (Å²) in [5, 5.41) is -1.52. The molecule has 1 aromatic heterocycles. The Labute approximate surface area is 108 Å². The maximum Gasteiger partial charge on any atom is 0.417 e. The number of halogens is 6. The lowest BCUT2D eigenvalue weighted by Gasteiger charge is -2.17. The Morgan fingerprint density at radius 1 is 1.37 bits per heavy atom. The molecule has 1 rings (SSSR count). The van der Waals surface area contributed by atoms with Crippen LogP contribution in [0.2, 0.25) is 0 Å². The molecule has 0 bridgehead atoms. The van der Waals surface area contributed by atoms with Gasteiger partial charge in [-0.3, -0.25) is 0 Å². The summed E-state index contributed by atoms with van der Waals surface area (Å²) in [6.45, 7) is -0.732. The van der Waals surface area contributed by atoms with Crippen LogP contribution in [0.3, 0.4) is 0 Å². The number of nitrogens with two attached hydrogens (primary N) is 1. The van der Waals surface area contributed by atoms with E-state index in [1.165, 1.54) is 0 Å². The Bertz CT molecular complexity index is 588. The van der Waals surface area contributed by atoms with Gasteiger partial charge in [0.1, 0.15) is 0 Å². The second-order valence-corrected chi connectivity index (χ2v) is 5.80. The van der Waals surface area contributed by atoms with Crippen LogP contribution in [0.25, 0.3) is 0 Å². The summed E-state index contributed by atoms with van der Waals surface area (Å²) in [7, 11) is -0.0428. The summed E-state index contributed by atoms with van der Waals surface area (Å²) in [4.78, 5) is 3.04. The van der Waals surface area contributed by atoms with Crippen LogP contribution in [-0.4, -0.2) is 13.4 Å². The molecule has 0 amide bonds. The molecule has 0 unspecified atom stereocenters. The molecule has 0 spiro atoms. The van der Waals surface area contributed by atoms with Crippen molar-refractivity contribution in [1.82, 2.24) is 4.98 Å². The molecule has 0 aliphatic heterocycles. The van der Waals surface area contributed by atoms with E-state index < -0.39 is 49.9 Å². The van der Waals surface area contributed by atoms with Gasteiger partial charge in [-0.2, -0.15) is 13.2 Å². The smallest absolute Gasteiger partial charge is 0.326 e. The first kappa shape index (κ1) is 16.1. The average molecular weight is 325 g/mol. The number of hydrogen-bond acceptors (Lipinski definition) is 4. The molecular weight excluding hydrogens is 319 g/mol. The molecule has 0 aliphatic rings. The van der Waals surface area contributed by atoms with E-state index in [1.807, 2.05) is 0 Å². The van der Waals surface area contributed by atoms with Gasteiger partial charge < -0.3 is 5.73 Å². The molecule has 0 atom stereocenters. The molecule has 4 nitrogen and oxygen atoms in total. The fourth-order valence-electron chi connectivity index (χ4n) is 1.44. The third-order valence-corrected chi connectivity index (χ3v) is 3.34. The molecule has 0 radical (unpaired) electrons. The van der Waals surface area contributed by atoms with Gasteiger partial charge in [-0.25, -0.2) is 22.2 Å². The molecule has 2 N–H and O–H groups in total. The maximum atomic E-state index is 12.8. The maximum absolute atomic E-state index is 12.8. The highest BCUT2D eigenvalue weighted by molar-refractivity contribution is 8.13. The highest BCUT2D eigenvalue weighted by atomic mass is 35.7. The number of hydrogen-bond donors (Lipinski definition) is 1. The zero-order valence-corrected chi connectivity index (χ0v) is 10.5. The fraction of sp³-hybridized carbons (Fsp3) is 0.375. The van der Waals surface area contributed by atoms with Gasteiger partial charge in [0.2, 0.25) is 0 Å². The third kappa shape index (κ3) is 3.31. The average Bonchev–Trinajstić information content (AvgIpc) is 2.24. The van der Waals surface area contributed by atoms with E-state index in [-0.39, 0.29) is 0 Å². The molecule has 0 saturated heterocycles. The molecular formula is C8H6ClF5N2O2S. The lowest BCUT2D eigenvalue weighted by Crippen LogP contribution is -2.19. The van der Waals surface area contributed by atoms with Crippen molar-refractivity contribution in [1.29, 1.82) is 0 Å². The molecule has 0 aliphatic carbocycles. The first-order valence-electron chi connectivity index (χ1n) is 4.52. The van der Waals surface area contributed by atoms with Crippen molar-refractivity contribution in [2.24, 2.45) is 5.73 Å². The van der Waals surface area contributed by atoms with Crippen molar-refractivity contribution in [2.75, 3.05) is 0 Å². The van der Waals surface area contributed by atoms with Crippen LogP contribution in [-0.2, 0) is 21.8 Å². The van der Waals surface area contributed by atoms with Crippen LogP contribution in [0.15, 0.2) is 11.2 Å². The van der Waals surface area contributed by atoms with E-state index in [4.69, 9.17) is 16.4 Å². The molecule has 1 aromatic rings. The molecule has 0 aromatic carbocycles. The van der Waals surface area contributed by atoms with E-state index >= 15 is 0 Å². The predicted octanol–water partition coefficient (Wildman–Crippen LogP) is 2.42. The van der Waals surface area contributed by atoms with Crippen LogP contribution in [0.4, 0.5) is 22.0 Å². The largest absolute Gasteiger partial charge is 0.417 e. The van der Waals surface area contributed by atoms with Crippen molar-refractivity contribution in [3.8, 4) is 0 Å². The summed E-state index contributed by atoms with van der Waals surface area (Å²) in [5.41, 5.74) is 0.658. The quantitative estimate of drug-likeness (QED) is 0.684. The van der Waals surface area contributed by atoms with Crippen molar-refractivity contribution in [2.45, 2.75) is 24.2 Å². The Hall–Kier alpha value is -1.00. The molecule has 1 heterocycles. The Balaban J connectivity index is 3.85. The number of nitrogens with zero attached hydrogens (tertiary/aromatic N) is 1. The Morgan fingerprint density at radius 3 is 2.21 bits per heavy atom. The number of pyridine rings is 1. The SMILES string of the molecule is NCc1cnc(S(=O)(=O)Cl)c(C(F)F)c1C(F)(F)F. The van der Waals surface area contributed by atoms with Crippen LogP contribution < -0.4 is 5.73 Å². The van der Waals surface area contributed by atoms with E-state index in [0.29, 0.717) is 6.20 Å². The third-order valence-electron chi connectivity index (χ3n) is 2.11. The minimum absolute atomic E-state index is 0.462. The predicted molar refractivity (Wildman–Crippen MR) is 55.1 cm³/mol. The van der Waals surface area contributed by atoms with Crippen LogP contribution in [0.5, 0.6) is 0 Å². The van der Waals surface area contributed by atoms with E-state index in [2.05, 4.69) is 4.98 Å². The van der Waals surface area contributed by atoms with Crippen molar-refractivity contribution >= 4 is 19.7 Å². The summed E-state index contributed by atoms with van der Waals surface area (Å²) in [5.74, 6) is 0. The van der Waals surface area contributed by atoms with Crippen molar-refractivity contribution in [3.63, 3.8) is 0 Å². The normalized spacial score (nSPS) is 13.1. The summed E-state index contributed by atoms with van der Waals surface area (Å²) < 4.78 is 85.8. The van der Waals surface area contributed by atoms with Crippen molar-refractivity contribution < 1.29 is 30.4 Å². The second-order valence-electron chi connectivity index (χ2n) is 3.32. The second kappa shape index (κ2) is 5.17. The van der Waals surface area contributed by atoms with E-state index in [0.717, 1.165) is 0 Å². The number of alkyl halides is 5. The summed E-state index contributed by atoms with van der Waals surface area (Å²) >= 11 is 0. The Kier molecular flexibility index (Phi) is 4.37. The van der Waals surface area contributed by atoms with Gasteiger partial charge in [-0.15, -0.1) is 0 Å². The van der Waals surface area contributed by atoms with Gasteiger partial charge in [-0.05, 0) is 5.56 Å². The minimum Gasteiger partial charge on any atom is -0.326 e. The summed E-state index contributed by atoms with van der Waals surface area (Å²) in [6.07, 6.45) is -8.47. The monoisotopic (exact) mass is 324 g/mol. The molecule has 0 fully saturated rings. The number of rotatable bonds is 3. The first-order valence-corrected chi connectivity index (χ1v) is 6.83. The first-order chi connectivity index (χ1) is 8.50. The Morgan fingerprint density at radius 2 is 1.89 bits per heavy atom. The lowest BCUT2D eigenvalue weighted by molar-refractivity contribution is -0.140. The molecule has 108 valence electrons. The van der Waals surface area contributed by atoms with Crippen LogP contribution in [0.1, 0.15) is 23.1 Å². The standard InChI is InChI=1S/C8H6ClF5N2O2S/c9-19(17,18)7-4(6(10)11)5(8(12,13)14)3(1-15)2-16-7/h2,6H,1,15H2. The van der Waals surface area contributed by atoms with Gasteiger partial charge in [-0.1, -0.05) is 0 Å². The van der Waals surface area contributed by atoms with Gasteiger partial charge in [0.05, 0.1) is 11.1 Å². The number of aromatic nitrogens is 1. The van der Waals surface area contributed by atoms with Crippen LogP contribution in [0, 0.1) is 0 Å². The van der Waals surface area contributed by atoms with E-state index in [9.17, 15) is 30.4 Å². The summed E-state index contributed by atoms with van der Waals surface area (Å²) in [6, 6.07) is 0. The molecule has 0 saturated carbocycles. The molecule has 11 heteroatoms. The highest BCUT2D eigenvalue weighted by Crippen LogP contribution is 2.41. The topological polar surface area (TPSA) is 73.0 Å². The van der Waals surface area contributed by atoms with Gasteiger partial charge in [0, 0.05) is 23.4 Å². The van der Waals surface area contributed by atoms with Gasteiger partial charge in [0.15, 0.2) is 5.03 Å². The lowest BCUT2D eigenvalue weighted by atomic mass is 10.0. The minimum atomic E-state index is -5.21. The van der Waals surface area contributed by atoms with Gasteiger partial charge >= 0.3 is 6.18 Å². The van der Waals surface area contributed by atoms with Gasteiger partial charge in [0.25, 0.3) is 15.5 Å². The fourth-order valence-corrected chi connectivity index (χ4v) is 2.44. The zero-order valence-electron chi connectivity index (χ0n) is 8.88. The van der Waals surface area contributed by atoms with Crippen LogP contribution >= 0.6 is 10.7 Å². The van der Waals surface area contributed by atoms with Crippen molar-refractivity contribution in [3.05, 3.63) is 22.9 Å². The van der Waals surface area contributed by atoms with E-state index in [1.54, 1.807) is 0 Å².